The van der Waals surface area contributed by atoms with Crippen LogP contribution in [0.25, 0.3) is 0 Å². The number of likely N-dealkylation sites (tertiary alicyclic amines) is 1. The minimum absolute atomic E-state index is 0.130. The maximum Gasteiger partial charge on any atom is 0.417 e. The molecule has 1 aromatic rings. The van der Waals surface area contributed by atoms with Crippen LogP contribution in [0.4, 0.5) is 4.79 Å². The van der Waals surface area contributed by atoms with E-state index in [-0.39, 0.29) is 17.7 Å². The summed E-state index contributed by atoms with van der Waals surface area (Å²) in [4.78, 5) is 31.2. The molecule has 2 heterocycles. The number of nitrogens with zero attached hydrogens (tertiary/aromatic N) is 3. The number of carbonyl (C=O) groups excluding carboxylic acids is 2. The van der Waals surface area contributed by atoms with Crippen molar-refractivity contribution in [3.63, 3.8) is 0 Å². The van der Waals surface area contributed by atoms with E-state index in [0.29, 0.717) is 19.0 Å². The van der Waals surface area contributed by atoms with Crippen molar-refractivity contribution in [2.75, 3.05) is 6.54 Å². The van der Waals surface area contributed by atoms with Crippen LogP contribution in [-0.2, 0) is 16.0 Å². The van der Waals surface area contributed by atoms with Crippen molar-refractivity contribution in [1.82, 2.24) is 14.5 Å². The van der Waals surface area contributed by atoms with Gasteiger partial charge >= 0.3 is 6.09 Å². The van der Waals surface area contributed by atoms with Gasteiger partial charge in [-0.2, -0.15) is 0 Å². The van der Waals surface area contributed by atoms with Gasteiger partial charge in [0, 0.05) is 31.1 Å². The minimum atomic E-state index is -0.605. The van der Waals surface area contributed by atoms with E-state index in [1.165, 1.54) is 37.0 Å². The summed E-state index contributed by atoms with van der Waals surface area (Å²) in [5.74, 6) is -0.0776. The van der Waals surface area contributed by atoms with Gasteiger partial charge in [-0.25, -0.2) is 14.7 Å². The molecule has 0 aromatic carbocycles. The van der Waals surface area contributed by atoms with E-state index in [2.05, 4.69) is 22.7 Å². The van der Waals surface area contributed by atoms with Gasteiger partial charge in [0.1, 0.15) is 5.60 Å². The van der Waals surface area contributed by atoms with Crippen LogP contribution in [0.5, 0.6) is 0 Å². The zero-order valence-electron chi connectivity index (χ0n) is 17.1. The quantitative estimate of drug-likeness (QED) is 0.788. The fraction of sp³-hybridized carbons (Fsp3) is 0.762. The van der Waals surface area contributed by atoms with Crippen molar-refractivity contribution >= 4 is 12.0 Å². The third kappa shape index (κ3) is 5.11. The Morgan fingerprint density at radius 3 is 2.63 bits per heavy atom. The fourth-order valence-corrected chi connectivity index (χ4v) is 4.25. The highest BCUT2D eigenvalue weighted by atomic mass is 16.6. The zero-order valence-corrected chi connectivity index (χ0v) is 17.1. The predicted molar refractivity (Wildman–Crippen MR) is 103 cm³/mol. The number of carbonyl (C=O) groups is 2. The molecule has 2 amide bonds. The number of imidazole rings is 1. The molecule has 1 aromatic heterocycles. The van der Waals surface area contributed by atoms with Gasteiger partial charge in [0.2, 0.25) is 5.91 Å². The summed E-state index contributed by atoms with van der Waals surface area (Å²) in [6.45, 7) is 7.96. The Hall–Kier alpha value is -1.85. The van der Waals surface area contributed by atoms with Gasteiger partial charge < -0.3 is 9.30 Å². The van der Waals surface area contributed by atoms with Gasteiger partial charge in [0.15, 0.2) is 0 Å². The van der Waals surface area contributed by atoms with Gasteiger partial charge in [0.25, 0.3) is 0 Å². The minimum Gasteiger partial charge on any atom is -0.443 e. The maximum absolute atomic E-state index is 12.9. The summed E-state index contributed by atoms with van der Waals surface area (Å²) in [7, 11) is 0. The molecule has 150 valence electrons. The van der Waals surface area contributed by atoms with Gasteiger partial charge in [-0.15, -0.1) is 0 Å². The average molecular weight is 376 g/mol. The molecule has 2 atom stereocenters. The molecule has 1 aliphatic carbocycles. The average Bonchev–Trinajstić information content (AvgIpc) is 3.05. The number of rotatable bonds is 3. The molecule has 6 nitrogen and oxygen atoms in total. The molecule has 3 rings (SSSR count). The highest BCUT2D eigenvalue weighted by Gasteiger charge is 2.38. The van der Waals surface area contributed by atoms with Crippen LogP contribution in [0.1, 0.15) is 78.0 Å². The maximum atomic E-state index is 12.9. The number of ether oxygens (including phenoxy) is 1. The van der Waals surface area contributed by atoms with Crippen molar-refractivity contribution in [2.45, 2.75) is 84.3 Å². The van der Waals surface area contributed by atoms with Crippen LogP contribution in [0.15, 0.2) is 12.5 Å². The van der Waals surface area contributed by atoms with Crippen molar-refractivity contribution in [2.24, 2.45) is 11.8 Å². The van der Waals surface area contributed by atoms with E-state index in [4.69, 9.17) is 4.74 Å². The lowest BCUT2D eigenvalue weighted by atomic mass is 9.87. The topological polar surface area (TPSA) is 64.4 Å². The van der Waals surface area contributed by atoms with Crippen LogP contribution in [0, 0.1) is 11.8 Å². The number of imide groups is 1. The number of piperidine rings is 1. The second kappa shape index (κ2) is 8.03. The molecule has 0 spiro atoms. The Balaban J connectivity index is 1.66. The lowest BCUT2D eigenvalue weighted by Gasteiger charge is -2.35. The van der Waals surface area contributed by atoms with Crippen LogP contribution in [-0.4, -0.2) is 38.6 Å². The zero-order chi connectivity index (χ0) is 19.6. The van der Waals surface area contributed by atoms with E-state index >= 15 is 0 Å². The molecule has 2 aliphatic rings. The normalized spacial score (nSPS) is 24.9. The molecule has 1 aliphatic heterocycles. The Kier molecular flexibility index (Phi) is 5.92. The first kappa shape index (κ1) is 19.9. The van der Waals surface area contributed by atoms with E-state index in [1.807, 2.05) is 27.1 Å². The standard InChI is InChI=1S/C21H33N3O3/c1-15-10-16(19(25)24(12-15)20(26)27-21(2,3)4)11-17-13-23(14-22-17)18-8-6-5-7-9-18/h13-16,18H,5-12H2,1-4H3/t15-,16?/m1/s1. The summed E-state index contributed by atoms with van der Waals surface area (Å²) < 4.78 is 7.64. The molecule has 1 saturated carbocycles. The first-order valence-corrected chi connectivity index (χ1v) is 10.3. The van der Waals surface area contributed by atoms with E-state index < -0.39 is 11.7 Å². The highest BCUT2D eigenvalue weighted by Crippen LogP contribution is 2.30. The molecule has 1 unspecified atom stereocenters. The van der Waals surface area contributed by atoms with Crippen molar-refractivity contribution in [3.8, 4) is 0 Å². The van der Waals surface area contributed by atoms with Gasteiger partial charge in [-0.1, -0.05) is 26.2 Å². The Morgan fingerprint density at radius 2 is 1.96 bits per heavy atom. The van der Waals surface area contributed by atoms with Crippen LogP contribution < -0.4 is 0 Å². The Morgan fingerprint density at radius 1 is 1.26 bits per heavy atom. The van der Waals surface area contributed by atoms with Crippen LogP contribution >= 0.6 is 0 Å². The molecule has 6 heteroatoms. The molecule has 27 heavy (non-hydrogen) atoms. The SMILES string of the molecule is C[C@@H]1CC(Cc2cn(C3CCCCC3)cn2)C(=O)N(C(=O)OC(C)(C)C)C1. The first-order chi connectivity index (χ1) is 12.7. The number of aromatic nitrogens is 2. The number of hydrogen-bond donors (Lipinski definition) is 0. The highest BCUT2D eigenvalue weighted by molar-refractivity contribution is 5.94. The summed E-state index contributed by atoms with van der Waals surface area (Å²) in [6.07, 6.45) is 11.2. The van der Waals surface area contributed by atoms with Crippen molar-refractivity contribution < 1.29 is 14.3 Å². The molecular formula is C21H33N3O3. The van der Waals surface area contributed by atoms with E-state index in [9.17, 15) is 9.59 Å². The molecule has 2 fully saturated rings. The van der Waals surface area contributed by atoms with Crippen LogP contribution in [0.3, 0.4) is 0 Å². The van der Waals surface area contributed by atoms with Gasteiger partial charge in [-0.3, -0.25) is 4.79 Å². The number of hydrogen-bond acceptors (Lipinski definition) is 4. The lowest BCUT2D eigenvalue weighted by molar-refractivity contribution is -0.138. The molecule has 0 bridgehead atoms. The van der Waals surface area contributed by atoms with Crippen molar-refractivity contribution in [1.29, 1.82) is 0 Å². The Bertz CT molecular complexity index is 670. The summed E-state index contributed by atoms with van der Waals surface area (Å²) in [5.41, 5.74) is 0.337. The van der Waals surface area contributed by atoms with Crippen LogP contribution in [0.2, 0.25) is 0 Å². The summed E-state index contributed by atoms with van der Waals surface area (Å²) in [6, 6.07) is 0.541. The second-order valence-electron chi connectivity index (χ2n) is 9.28. The monoisotopic (exact) mass is 375 g/mol. The predicted octanol–water partition coefficient (Wildman–Crippen LogP) is 4.35. The molecule has 0 N–H and O–H groups in total. The van der Waals surface area contributed by atoms with Gasteiger partial charge in [0.05, 0.1) is 12.0 Å². The third-order valence-electron chi connectivity index (χ3n) is 5.52. The van der Waals surface area contributed by atoms with Gasteiger partial charge in [-0.05, 0) is 46.0 Å². The van der Waals surface area contributed by atoms with Crippen molar-refractivity contribution in [3.05, 3.63) is 18.2 Å². The third-order valence-corrected chi connectivity index (χ3v) is 5.52. The molecule has 0 radical (unpaired) electrons. The molecule has 1 saturated heterocycles. The number of amides is 2. The summed E-state index contributed by atoms with van der Waals surface area (Å²) in [5, 5.41) is 0. The summed E-state index contributed by atoms with van der Waals surface area (Å²) >= 11 is 0. The van der Waals surface area contributed by atoms with E-state index in [1.54, 1.807) is 0 Å². The first-order valence-electron chi connectivity index (χ1n) is 10.3. The smallest absolute Gasteiger partial charge is 0.417 e. The van der Waals surface area contributed by atoms with E-state index in [0.717, 1.165) is 12.1 Å². The molecular weight excluding hydrogens is 342 g/mol. The fourth-order valence-electron chi connectivity index (χ4n) is 4.25. The lowest BCUT2D eigenvalue weighted by Crippen LogP contribution is -2.50. The largest absolute Gasteiger partial charge is 0.443 e. The Labute approximate surface area is 162 Å². The second-order valence-corrected chi connectivity index (χ2v) is 9.28.